The van der Waals surface area contributed by atoms with Gasteiger partial charge in [-0.2, -0.15) is 11.8 Å². The molecule has 0 radical (unpaired) electrons. The van der Waals surface area contributed by atoms with Gasteiger partial charge in [-0.25, -0.2) is 0 Å². The monoisotopic (exact) mass is 405 g/mol. The van der Waals surface area contributed by atoms with E-state index in [-0.39, 0.29) is 34.9 Å². The molecule has 27 heavy (non-hydrogen) atoms. The van der Waals surface area contributed by atoms with Crippen LogP contribution in [0.25, 0.3) is 0 Å². The number of amides is 1. The van der Waals surface area contributed by atoms with Crippen molar-refractivity contribution in [2.75, 3.05) is 29.9 Å². The maximum atomic E-state index is 12.6. The molecule has 0 aliphatic carbocycles. The van der Waals surface area contributed by atoms with Gasteiger partial charge in [0.05, 0.1) is 11.5 Å². The fourth-order valence-electron chi connectivity index (χ4n) is 3.06. The maximum absolute atomic E-state index is 12.6. The van der Waals surface area contributed by atoms with Crippen molar-refractivity contribution in [3.63, 3.8) is 0 Å². The Labute approximate surface area is 167 Å². The molecule has 1 unspecified atom stereocenters. The SMILES string of the molecule is Cc1ccc(C2CSCCN2CC(=O)Nc2ccc(Cl)cc2[N+](=O)[O-])cc1. The van der Waals surface area contributed by atoms with Crippen molar-refractivity contribution in [1.29, 1.82) is 0 Å². The molecule has 2 aromatic rings. The van der Waals surface area contributed by atoms with Crippen molar-refractivity contribution in [3.8, 4) is 0 Å². The lowest BCUT2D eigenvalue weighted by atomic mass is 10.0. The van der Waals surface area contributed by atoms with E-state index in [1.807, 2.05) is 18.7 Å². The fourth-order valence-corrected chi connectivity index (χ4v) is 4.38. The molecule has 1 heterocycles. The zero-order valence-corrected chi connectivity index (χ0v) is 16.4. The van der Waals surface area contributed by atoms with E-state index in [1.165, 1.54) is 29.3 Å². The molecule has 8 heteroatoms. The molecule has 1 amide bonds. The average Bonchev–Trinajstić information content (AvgIpc) is 2.64. The predicted molar refractivity (Wildman–Crippen MR) is 110 cm³/mol. The van der Waals surface area contributed by atoms with Crippen LogP contribution < -0.4 is 5.32 Å². The van der Waals surface area contributed by atoms with Gasteiger partial charge in [-0.15, -0.1) is 0 Å². The number of nitro groups is 1. The first-order valence-corrected chi connectivity index (χ1v) is 10.1. The molecule has 1 atom stereocenters. The van der Waals surface area contributed by atoms with Crippen LogP contribution >= 0.6 is 23.4 Å². The Morgan fingerprint density at radius 3 is 2.78 bits per heavy atom. The van der Waals surface area contributed by atoms with Crippen molar-refractivity contribution in [2.45, 2.75) is 13.0 Å². The maximum Gasteiger partial charge on any atom is 0.294 e. The van der Waals surface area contributed by atoms with E-state index >= 15 is 0 Å². The van der Waals surface area contributed by atoms with Gasteiger partial charge in [-0.05, 0) is 24.6 Å². The van der Waals surface area contributed by atoms with Crippen LogP contribution in [0, 0.1) is 17.0 Å². The molecule has 0 aromatic heterocycles. The molecule has 0 saturated carbocycles. The highest BCUT2D eigenvalue weighted by molar-refractivity contribution is 7.99. The van der Waals surface area contributed by atoms with Gasteiger partial charge in [0.15, 0.2) is 0 Å². The Morgan fingerprint density at radius 1 is 1.33 bits per heavy atom. The Bertz CT molecular complexity index is 845. The number of benzene rings is 2. The van der Waals surface area contributed by atoms with Gasteiger partial charge >= 0.3 is 0 Å². The summed E-state index contributed by atoms with van der Waals surface area (Å²) in [6.07, 6.45) is 0. The van der Waals surface area contributed by atoms with Gasteiger partial charge in [0, 0.05) is 35.2 Å². The Morgan fingerprint density at radius 2 is 2.07 bits per heavy atom. The minimum atomic E-state index is -0.547. The highest BCUT2D eigenvalue weighted by Gasteiger charge is 2.26. The minimum Gasteiger partial charge on any atom is -0.319 e. The van der Waals surface area contributed by atoms with Crippen molar-refractivity contribution in [1.82, 2.24) is 4.90 Å². The standard InChI is InChI=1S/C19H20ClN3O3S/c1-13-2-4-14(5-3-13)18-12-27-9-8-22(18)11-19(24)21-16-7-6-15(20)10-17(16)23(25)26/h2-7,10,18H,8-9,11-12H2,1H3,(H,21,24). The molecule has 1 saturated heterocycles. The summed E-state index contributed by atoms with van der Waals surface area (Å²) < 4.78 is 0. The van der Waals surface area contributed by atoms with E-state index in [2.05, 4.69) is 34.5 Å². The Balaban J connectivity index is 1.72. The van der Waals surface area contributed by atoms with E-state index in [0.717, 1.165) is 18.1 Å². The lowest BCUT2D eigenvalue weighted by Crippen LogP contribution is -2.41. The summed E-state index contributed by atoms with van der Waals surface area (Å²) in [5.74, 6) is 1.60. The van der Waals surface area contributed by atoms with Gasteiger partial charge in [0.1, 0.15) is 5.69 Å². The zero-order chi connectivity index (χ0) is 19.4. The van der Waals surface area contributed by atoms with Crippen LogP contribution in [-0.2, 0) is 4.79 Å². The molecule has 142 valence electrons. The number of anilines is 1. The molecule has 6 nitrogen and oxygen atoms in total. The van der Waals surface area contributed by atoms with Crippen molar-refractivity contribution >= 4 is 40.6 Å². The van der Waals surface area contributed by atoms with Crippen LogP contribution in [0.4, 0.5) is 11.4 Å². The first kappa shape index (κ1) is 19.7. The largest absolute Gasteiger partial charge is 0.319 e. The quantitative estimate of drug-likeness (QED) is 0.593. The van der Waals surface area contributed by atoms with Crippen LogP contribution in [0.1, 0.15) is 17.2 Å². The van der Waals surface area contributed by atoms with Gasteiger partial charge in [0.25, 0.3) is 5.69 Å². The molecule has 1 N–H and O–H groups in total. The lowest BCUT2D eigenvalue weighted by Gasteiger charge is -2.35. The molecule has 2 aromatic carbocycles. The molecule has 1 aliphatic heterocycles. The average molecular weight is 406 g/mol. The number of nitrogens with zero attached hydrogens (tertiary/aromatic N) is 2. The Hall–Kier alpha value is -2.09. The van der Waals surface area contributed by atoms with E-state index in [1.54, 1.807) is 0 Å². The first-order valence-electron chi connectivity index (χ1n) is 8.56. The highest BCUT2D eigenvalue weighted by atomic mass is 35.5. The smallest absolute Gasteiger partial charge is 0.294 e. The van der Waals surface area contributed by atoms with Crippen LogP contribution in [0.5, 0.6) is 0 Å². The second-order valence-corrected chi connectivity index (χ2v) is 8.02. The van der Waals surface area contributed by atoms with Crippen LogP contribution in [0.3, 0.4) is 0 Å². The lowest BCUT2D eigenvalue weighted by molar-refractivity contribution is -0.383. The summed E-state index contributed by atoms with van der Waals surface area (Å²) in [5, 5.41) is 14.1. The number of aryl methyl sites for hydroxylation is 1. The number of rotatable bonds is 5. The number of nitro benzene ring substituents is 1. The van der Waals surface area contributed by atoms with Crippen molar-refractivity contribution < 1.29 is 9.72 Å². The third-order valence-electron chi connectivity index (χ3n) is 4.48. The Kier molecular flexibility index (Phi) is 6.36. The van der Waals surface area contributed by atoms with Gasteiger partial charge in [0.2, 0.25) is 5.91 Å². The molecule has 0 spiro atoms. The molecular formula is C19H20ClN3O3S. The summed E-state index contributed by atoms with van der Waals surface area (Å²) in [6.45, 7) is 3.02. The van der Waals surface area contributed by atoms with Crippen molar-refractivity contribution in [2.24, 2.45) is 0 Å². The molecular weight excluding hydrogens is 386 g/mol. The summed E-state index contributed by atoms with van der Waals surface area (Å²) in [7, 11) is 0. The fraction of sp³-hybridized carbons (Fsp3) is 0.316. The second kappa shape index (κ2) is 8.73. The summed E-state index contributed by atoms with van der Waals surface area (Å²) in [5.41, 5.74) is 2.33. The number of hydrogen-bond acceptors (Lipinski definition) is 5. The molecule has 0 bridgehead atoms. The normalized spacial score (nSPS) is 17.5. The van der Waals surface area contributed by atoms with E-state index in [0.29, 0.717) is 0 Å². The van der Waals surface area contributed by atoms with Gasteiger partial charge in [-0.3, -0.25) is 19.8 Å². The van der Waals surface area contributed by atoms with E-state index in [4.69, 9.17) is 11.6 Å². The minimum absolute atomic E-state index is 0.148. The number of carbonyl (C=O) groups excluding carboxylic acids is 1. The summed E-state index contributed by atoms with van der Waals surface area (Å²) in [6, 6.07) is 12.7. The number of thioether (sulfide) groups is 1. The number of halogens is 1. The van der Waals surface area contributed by atoms with E-state index < -0.39 is 4.92 Å². The summed E-state index contributed by atoms with van der Waals surface area (Å²) >= 11 is 7.69. The molecule has 3 rings (SSSR count). The first-order chi connectivity index (χ1) is 12.9. The van der Waals surface area contributed by atoms with Crippen LogP contribution in [0.2, 0.25) is 5.02 Å². The molecule has 1 fully saturated rings. The van der Waals surface area contributed by atoms with Crippen molar-refractivity contribution in [3.05, 3.63) is 68.7 Å². The zero-order valence-electron chi connectivity index (χ0n) is 14.9. The number of carbonyl (C=O) groups is 1. The third kappa shape index (κ3) is 5.00. The van der Waals surface area contributed by atoms with Crippen LogP contribution in [0.15, 0.2) is 42.5 Å². The predicted octanol–water partition coefficient (Wildman–Crippen LogP) is 4.29. The molecule has 1 aliphatic rings. The third-order valence-corrected chi connectivity index (χ3v) is 5.74. The van der Waals surface area contributed by atoms with E-state index in [9.17, 15) is 14.9 Å². The number of hydrogen-bond donors (Lipinski definition) is 1. The topological polar surface area (TPSA) is 75.5 Å². The number of nitrogens with one attached hydrogen (secondary N) is 1. The van der Waals surface area contributed by atoms with Crippen LogP contribution in [-0.4, -0.2) is 40.3 Å². The highest BCUT2D eigenvalue weighted by Crippen LogP contribution is 2.31. The van der Waals surface area contributed by atoms with Gasteiger partial charge < -0.3 is 5.32 Å². The summed E-state index contributed by atoms with van der Waals surface area (Å²) in [4.78, 5) is 25.3. The van der Waals surface area contributed by atoms with Gasteiger partial charge in [-0.1, -0.05) is 41.4 Å². The second-order valence-electron chi connectivity index (χ2n) is 6.44.